The number of nitrogens with two attached hydrogens (primary N) is 1. The third kappa shape index (κ3) is 3.57. The predicted molar refractivity (Wildman–Crippen MR) is 74.2 cm³/mol. The van der Waals surface area contributed by atoms with E-state index in [-0.39, 0.29) is 0 Å². The topological polar surface area (TPSA) is 26.0 Å². The number of hydrogen-bond donors (Lipinski definition) is 1. The van der Waals surface area contributed by atoms with Gasteiger partial charge in [0.15, 0.2) is 0 Å². The molecule has 0 radical (unpaired) electrons. The molecule has 1 aromatic rings. The van der Waals surface area contributed by atoms with E-state index < -0.39 is 0 Å². The summed E-state index contributed by atoms with van der Waals surface area (Å²) in [5.74, 6) is 1.42. The molecule has 1 fully saturated rings. The lowest BCUT2D eigenvalue weighted by Gasteiger charge is -2.22. The zero-order chi connectivity index (χ0) is 12.1. The normalized spacial score (nSPS) is 19.2. The van der Waals surface area contributed by atoms with Gasteiger partial charge in [-0.2, -0.15) is 0 Å². The fourth-order valence-electron chi connectivity index (χ4n) is 2.85. The van der Waals surface area contributed by atoms with Gasteiger partial charge in [0.1, 0.15) is 0 Å². The van der Waals surface area contributed by atoms with Crippen molar-refractivity contribution in [3.05, 3.63) is 35.4 Å². The Hall–Kier alpha value is -0.820. The lowest BCUT2D eigenvalue weighted by Crippen LogP contribution is -2.13. The molecular weight excluding hydrogens is 206 g/mol. The van der Waals surface area contributed by atoms with Crippen LogP contribution in [0.1, 0.15) is 56.1 Å². The first kappa shape index (κ1) is 12.6. The van der Waals surface area contributed by atoms with E-state index in [0.29, 0.717) is 5.92 Å². The minimum atomic E-state index is 0.593. The molecule has 0 spiro atoms. The molecule has 1 aliphatic rings. The third-order valence-electron chi connectivity index (χ3n) is 4.04. The van der Waals surface area contributed by atoms with Crippen molar-refractivity contribution in [3.63, 3.8) is 0 Å². The fourth-order valence-corrected chi connectivity index (χ4v) is 2.85. The third-order valence-corrected chi connectivity index (χ3v) is 4.04. The van der Waals surface area contributed by atoms with Crippen LogP contribution in [0.4, 0.5) is 0 Å². The van der Waals surface area contributed by atoms with Crippen LogP contribution < -0.4 is 5.73 Å². The van der Waals surface area contributed by atoms with Crippen molar-refractivity contribution in [2.45, 2.75) is 51.4 Å². The summed E-state index contributed by atoms with van der Waals surface area (Å²) >= 11 is 0. The van der Waals surface area contributed by atoms with Gasteiger partial charge in [0.25, 0.3) is 0 Å². The summed E-state index contributed by atoms with van der Waals surface area (Å²) in [6, 6.07) is 9.29. The second-order valence-electron chi connectivity index (χ2n) is 5.62. The Balaban J connectivity index is 1.97. The molecule has 1 unspecified atom stereocenters. The maximum Gasteiger partial charge on any atom is -0.00483 e. The smallest absolute Gasteiger partial charge is 0.00483 e. The summed E-state index contributed by atoms with van der Waals surface area (Å²) in [7, 11) is 0. The van der Waals surface area contributed by atoms with Gasteiger partial charge in [0.2, 0.25) is 0 Å². The van der Waals surface area contributed by atoms with Gasteiger partial charge in [-0.25, -0.2) is 0 Å². The minimum Gasteiger partial charge on any atom is -0.330 e. The molecule has 0 bridgehead atoms. The van der Waals surface area contributed by atoms with E-state index in [4.69, 9.17) is 5.73 Å². The summed E-state index contributed by atoms with van der Waals surface area (Å²) in [5, 5.41) is 0. The number of benzene rings is 1. The molecule has 1 saturated carbocycles. The fraction of sp³-hybridized carbons (Fsp3) is 0.625. The van der Waals surface area contributed by atoms with E-state index in [0.717, 1.165) is 18.9 Å². The van der Waals surface area contributed by atoms with Gasteiger partial charge in [-0.3, -0.25) is 0 Å². The van der Waals surface area contributed by atoms with Crippen LogP contribution in [0.2, 0.25) is 0 Å². The second-order valence-corrected chi connectivity index (χ2v) is 5.62. The van der Waals surface area contributed by atoms with E-state index in [1.54, 1.807) is 5.56 Å². The zero-order valence-corrected chi connectivity index (χ0v) is 11.0. The molecule has 0 amide bonds. The highest BCUT2D eigenvalue weighted by molar-refractivity contribution is 5.26. The Morgan fingerprint density at radius 3 is 2.35 bits per heavy atom. The molecule has 1 aromatic carbocycles. The predicted octanol–water partition coefficient (Wildman–Crippen LogP) is 3.87. The zero-order valence-electron chi connectivity index (χ0n) is 11.0. The molecule has 2 N–H and O–H groups in total. The van der Waals surface area contributed by atoms with E-state index >= 15 is 0 Å². The molecule has 0 aliphatic heterocycles. The van der Waals surface area contributed by atoms with Crippen LogP contribution in [-0.2, 0) is 6.42 Å². The van der Waals surface area contributed by atoms with Crippen LogP contribution in [0.3, 0.4) is 0 Å². The van der Waals surface area contributed by atoms with Crippen molar-refractivity contribution in [3.8, 4) is 0 Å². The molecule has 2 rings (SSSR count). The summed E-state index contributed by atoms with van der Waals surface area (Å²) in [6.45, 7) is 3.00. The quantitative estimate of drug-likeness (QED) is 0.836. The molecule has 1 heteroatoms. The van der Waals surface area contributed by atoms with Crippen LogP contribution >= 0.6 is 0 Å². The van der Waals surface area contributed by atoms with Crippen molar-refractivity contribution in [2.75, 3.05) is 6.54 Å². The highest BCUT2D eigenvalue weighted by atomic mass is 14.5. The molecule has 94 valence electrons. The van der Waals surface area contributed by atoms with Crippen molar-refractivity contribution in [1.29, 1.82) is 0 Å². The molecule has 0 aromatic heterocycles. The average molecular weight is 231 g/mol. The minimum absolute atomic E-state index is 0.593. The maximum absolute atomic E-state index is 5.67. The average Bonchev–Trinajstić information content (AvgIpc) is 2.40. The lowest BCUT2D eigenvalue weighted by atomic mass is 9.83. The standard InChI is InChI=1S/C16H25N/c1-13(12-17)11-14-7-9-16(10-8-14)15-5-3-2-4-6-15/h7-10,13,15H,2-6,11-12,17H2,1H3. The molecule has 1 nitrogen and oxygen atoms in total. The first-order valence-electron chi connectivity index (χ1n) is 7.08. The highest BCUT2D eigenvalue weighted by Crippen LogP contribution is 2.32. The van der Waals surface area contributed by atoms with Crippen LogP contribution in [0, 0.1) is 5.92 Å². The second kappa shape index (κ2) is 6.20. The van der Waals surface area contributed by atoms with E-state index in [1.165, 1.54) is 37.7 Å². The Labute approximate surface area is 105 Å². The van der Waals surface area contributed by atoms with Gasteiger partial charge in [0, 0.05) is 0 Å². The van der Waals surface area contributed by atoms with Crippen molar-refractivity contribution < 1.29 is 0 Å². The van der Waals surface area contributed by atoms with E-state index in [9.17, 15) is 0 Å². The van der Waals surface area contributed by atoms with Gasteiger partial charge < -0.3 is 5.73 Å². The first-order valence-corrected chi connectivity index (χ1v) is 7.08. The maximum atomic E-state index is 5.67. The summed E-state index contributed by atoms with van der Waals surface area (Å²) in [6.07, 6.45) is 8.15. The molecule has 1 aliphatic carbocycles. The van der Waals surface area contributed by atoms with Crippen LogP contribution in [0.25, 0.3) is 0 Å². The van der Waals surface area contributed by atoms with E-state index in [1.807, 2.05) is 0 Å². The molecule has 17 heavy (non-hydrogen) atoms. The van der Waals surface area contributed by atoms with Crippen LogP contribution in [0.15, 0.2) is 24.3 Å². The monoisotopic (exact) mass is 231 g/mol. The number of rotatable bonds is 4. The Bertz CT molecular complexity index is 322. The van der Waals surface area contributed by atoms with E-state index in [2.05, 4.69) is 31.2 Å². The largest absolute Gasteiger partial charge is 0.330 e. The highest BCUT2D eigenvalue weighted by Gasteiger charge is 2.15. The van der Waals surface area contributed by atoms with Gasteiger partial charge in [-0.1, -0.05) is 50.5 Å². The van der Waals surface area contributed by atoms with Crippen molar-refractivity contribution in [1.82, 2.24) is 0 Å². The Morgan fingerprint density at radius 2 is 1.76 bits per heavy atom. The van der Waals surface area contributed by atoms with Crippen molar-refractivity contribution >= 4 is 0 Å². The molecule has 0 heterocycles. The van der Waals surface area contributed by atoms with Gasteiger partial charge >= 0.3 is 0 Å². The SMILES string of the molecule is CC(CN)Cc1ccc(C2CCCCC2)cc1. The molecule has 1 atom stereocenters. The summed E-state index contributed by atoms with van der Waals surface area (Å²) in [5.41, 5.74) is 8.65. The van der Waals surface area contributed by atoms with Crippen LogP contribution in [0.5, 0.6) is 0 Å². The summed E-state index contributed by atoms with van der Waals surface area (Å²) in [4.78, 5) is 0. The number of hydrogen-bond acceptors (Lipinski definition) is 1. The Kier molecular flexibility index (Phi) is 4.61. The van der Waals surface area contributed by atoms with Crippen molar-refractivity contribution in [2.24, 2.45) is 11.7 Å². The Morgan fingerprint density at radius 1 is 1.12 bits per heavy atom. The van der Waals surface area contributed by atoms with Crippen LogP contribution in [-0.4, -0.2) is 6.54 Å². The van der Waals surface area contributed by atoms with Gasteiger partial charge in [-0.05, 0) is 48.8 Å². The molecular formula is C16H25N. The summed E-state index contributed by atoms with van der Waals surface area (Å²) < 4.78 is 0. The molecule has 0 saturated heterocycles. The van der Waals surface area contributed by atoms with Gasteiger partial charge in [-0.15, -0.1) is 0 Å². The van der Waals surface area contributed by atoms with Gasteiger partial charge in [0.05, 0.1) is 0 Å². The first-order chi connectivity index (χ1) is 8.29. The lowest BCUT2D eigenvalue weighted by molar-refractivity contribution is 0.443.